The number of amides is 1. The number of likely N-dealkylation sites (N-methyl/N-ethyl adjacent to an activating group) is 1. The number of methoxy groups -OCH3 is 1. The van der Waals surface area contributed by atoms with Crippen LogP contribution in [-0.4, -0.2) is 57.1 Å². The van der Waals surface area contributed by atoms with Gasteiger partial charge in [0.05, 0.1) is 13.5 Å². The van der Waals surface area contributed by atoms with Crippen molar-refractivity contribution in [3.05, 3.63) is 35.8 Å². The van der Waals surface area contributed by atoms with Gasteiger partial charge in [-0.2, -0.15) is 5.21 Å². The Labute approximate surface area is 139 Å². The van der Waals surface area contributed by atoms with E-state index in [1.807, 2.05) is 31.3 Å². The van der Waals surface area contributed by atoms with Crippen LogP contribution in [-0.2, 0) is 11.2 Å². The first-order valence-electron chi connectivity index (χ1n) is 7.70. The van der Waals surface area contributed by atoms with E-state index in [4.69, 9.17) is 4.74 Å². The highest BCUT2D eigenvalue weighted by Crippen LogP contribution is 2.29. The topological polar surface area (TPSA) is 99.8 Å². The second-order valence-corrected chi connectivity index (χ2v) is 5.82. The van der Waals surface area contributed by atoms with Crippen LogP contribution in [0, 0.1) is 0 Å². The molecule has 3 rings (SSSR count). The van der Waals surface area contributed by atoms with Gasteiger partial charge in [-0.25, -0.2) is 0 Å². The summed E-state index contributed by atoms with van der Waals surface area (Å²) in [5.74, 6) is 1.40. The number of nitrogens with zero attached hydrogens (tertiary/aromatic N) is 4. The second-order valence-electron chi connectivity index (χ2n) is 5.82. The van der Waals surface area contributed by atoms with Crippen LogP contribution in [0.25, 0.3) is 10.9 Å². The van der Waals surface area contributed by atoms with Crippen molar-refractivity contribution in [1.29, 1.82) is 0 Å². The molecule has 0 bridgehead atoms. The number of ether oxygens (including phenoxy) is 1. The number of hydrogen-bond acceptors (Lipinski definition) is 5. The maximum atomic E-state index is 12.6. The molecule has 8 heteroatoms. The number of fused-ring (bicyclic) bond motifs is 1. The molecule has 0 saturated carbocycles. The third kappa shape index (κ3) is 3.08. The predicted octanol–water partition coefficient (Wildman–Crippen LogP) is 1.49. The molecular formula is C16H20N6O2. The van der Waals surface area contributed by atoms with Crippen molar-refractivity contribution in [2.24, 2.45) is 0 Å². The number of tetrazole rings is 1. The van der Waals surface area contributed by atoms with Gasteiger partial charge in [0, 0.05) is 36.6 Å². The maximum Gasteiger partial charge on any atom is 0.226 e. The molecule has 2 aromatic heterocycles. The van der Waals surface area contributed by atoms with Crippen LogP contribution in [0.2, 0.25) is 0 Å². The van der Waals surface area contributed by atoms with Gasteiger partial charge in [-0.1, -0.05) is 18.2 Å². The molecule has 0 radical (unpaired) electrons. The van der Waals surface area contributed by atoms with Gasteiger partial charge in [0.25, 0.3) is 0 Å². The zero-order chi connectivity index (χ0) is 17.1. The van der Waals surface area contributed by atoms with E-state index >= 15 is 0 Å². The fraction of sp³-hybridized carbons (Fsp3) is 0.375. The van der Waals surface area contributed by atoms with E-state index in [0.29, 0.717) is 18.8 Å². The average Bonchev–Trinajstić information content (AvgIpc) is 3.24. The summed E-state index contributed by atoms with van der Waals surface area (Å²) in [6, 6.07) is 5.78. The molecule has 0 fully saturated rings. The van der Waals surface area contributed by atoms with E-state index < -0.39 is 0 Å². The van der Waals surface area contributed by atoms with Crippen LogP contribution < -0.4 is 4.74 Å². The van der Waals surface area contributed by atoms with Crippen LogP contribution in [0.4, 0.5) is 0 Å². The number of nitrogens with one attached hydrogen (secondary N) is 2. The lowest BCUT2D eigenvalue weighted by Crippen LogP contribution is -2.31. The van der Waals surface area contributed by atoms with Crippen molar-refractivity contribution in [1.82, 2.24) is 30.5 Å². The minimum atomic E-state index is 0.00945. The number of aromatic nitrogens is 5. The van der Waals surface area contributed by atoms with E-state index in [-0.39, 0.29) is 11.8 Å². The lowest BCUT2D eigenvalue weighted by atomic mass is 10.1. The van der Waals surface area contributed by atoms with Gasteiger partial charge in [-0.05, 0) is 17.7 Å². The lowest BCUT2D eigenvalue weighted by molar-refractivity contribution is -0.129. The minimum absolute atomic E-state index is 0.00945. The SMILES string of the molecule is COc1cccc2[nH]cc(CC(=O)N(C)C[C@@H](C)c3nn[nH]n3)c12. The van der Waals surface area contributed by atoms with Crippen molar-refractivity contribution in [2.75, 3.05) is 20.7 Å². The highest BCUT2D eigenvalue weighted by atomic mass is 16.5. The zero-order valence-corrected chi connectivity index (χ0v) is 13.9. The summed E-state index contributed by atoms with van der Waals surface area (Å²) < 4.78 is 5.41. The number of hydrogen-bond donors (Lipinski definition) is 2. The van der Waals surface area contributed by atoms with Gasteiger partial charge in [0.1, 0.15) is 5.75 Å². The van der Waals surface area contributed by atoms with Gasteiger partial charge < -0.3 is 14.6 Å². The Morgan fingerprint density at radius 1 is 1.42 bits per heavy atom. The fourth-order valence-electron chi connectivity index (χ4n) is 2.80. The summed E-state index contributed by atoms with van der Waals surface area (Å²) >= 11 is 0. The highest BCUT2D eigenvalue weighted by molar-refractivity contribution is 5.93. The minimum Gasteiger partial charge on any atom is -0.496 e. The normalized spacial score (nSPS) is 12.3. The quantitative estimate of drug-likeness (QED) is 0.714. The summed E-state index contributed by atoms with van der Waals surface area (Å²) in [5, 5.41) is 14.9. The van der Waals surface area contributed by atoms with Crippen molar-refractivity contribution in [3.63, 3.8) is 0 Å². The molecule has 1 aromatic carbocycles. The maximum absolute atomic E-state index is 12.6. The molecular weight excluding hydrogens is 308 g/mol. The van der Waals surface area contributed by atoms with E-state index in [1.165, 1.54) is 0 Å². The van der Waals surface area contributed by atoms with Crippen LogP contribution in [0.5, 0.6) is 5.75 Å². The Morgan fingerprint density at radius 3 is 2.96 bits per heavy atom. The number of aromatic amines is 2. The summed E-state index contributed by atoms with van der Waals surface area (Å²) in [5.41, 5.74) is 1.88. The molecule has 3 aromatic rings. The molecule has 0 unspecified atom stereocenters. The molecule has 0 saturated heterocycles. The third-order valence-corrected chi connectivity index (χ3v) is 4.09. The van der Waals surface area contributed by atoms with Crippen molar-refractivity contribution < 1.29 is 9.53 Å². The Kier molecular flexibility index (Phi) is 4.45. The van der Waals surface area contributed by atoms with Gasteiger partial charge in [-0.15, -0.1) is 10.2 Å². The van der Waals surface area contributed by atoms with E-state index in [1.54, 1.807) is 19.1 Å². The number of benzene rings is 1. The van der Waals surface area contributed by atoms with E-state index in [9.17, 15) is 4.79 Å². The van der Waals surface area contributed by atoms with E-state index in [2.05, 4.69) is 25.6 Å². The first-order valence-corrected chi connectivity index (χ1v) is 7.70. The standard InChI is InChI=1S/C16H20N6O2/c1-10(16-18-20-21-19-16)9-22(2)14(23)7-11-8-17-12-5-4-6-13(24-3)15(11)12/h4-6,8,10,17H,7,9H2,1-3H3,(H,18,19,20,21)/t10-/m1/s1. The van der Waals surface area contributed by atoms with Crippen molar-refractivity contribution in [2.45, 2.75) is 19.3 Å². The van der Waals surface area contributed by atoms with Crippen molar-refractivity contribution in [3.8, 4) is 5.75 Å². The smallest absolute Gasteiger partial charge is 0.226 e. The molecule has 8 nitrogen and oxygen atoms in total. The number of H-pyrrole nitrogens is 2. The molecule has 1 amide bonds. The largest absolute Gasteiger partial charge is 0.496 e. The molecule has 2 N–H and O–H groups in total. The zero-order valence-electron chi connectivity index (χ0n) is 13.9. The Hall–Kier alpha value is -2.90. The molecule has 24 heavy (non-hydrogen) atoms. The third-order valence-electron chi connectivity index (χ3n) is 4.09. The van der Waals surface area contributed by atoms with Gasteiger partial charge in [-0.3, -0.25) is 4.79 Å². The molecule has 126 valence electrons. The fourth-order valence-corrected chi connectivity index (χ4v) is 2.80. The van der Waals surface area contributed by atoms with E-state index in [0.717, 1.165) is 22.2 Å². The van der Waals surface area contributed by atoms with Crippen LogP contribution in [0.1, 0.15) is 24.2 Å². The summed E-state index contributed by atoms with van der Waals surface area (Å²) in [6.07, 6.45) is 2.16. The first-order chi connectivity index (χ1) is 11.6. The van der Waals surface area contributed by atoms with Crippen LogP contribution in [0.15, 0.2) is 24.4 Å². The molecule has 0 spiro atoms. The Bertz CT molecular complexity index is 826. The highest BCUT2D eigenvalue weighted by Gasteiger charge is 2.19. The van der Waals surface area contributed by atoms with Crippen molar-refractivity contribution >= 4 is 16.8 Å². The monoisotopic (exact) mass is 328 g/mol. The molecule has 0 aliphatic carbocycles. The van der Waals surface area contributed by atoms with Crippen LogP contribution >= 0.6 is 0 Å². The lowest BCUT2D eigenvalue weighted by Gasteiger charge is -2.20. The Morgan fingerprint density at radius 2 is 2.25 bits per heavy atom. The van der Waals surface area contributed by atoms with Crippen LogP contribution in [0.3, 0.4) is 0 Å². The van der Waals surface area contributed by atoms with Gasteiger partial charge >= 0.3 is 0 Å². The molecule has 1 atom stereocenters. The molecule has 0 aliphatic rings. The molecule has 2 heterocycles. The number of carbonyl (C=O) groups is 1. The summed E-state index contributed by atoms with van der Waals surface area (Å²) in [4.78, 5) is 17.4. The Balaban J connectivity index is 1.72. The van der Waals surface area contributed by atoms with Gasteiger partial charge in [0.15, 0.2) is 5.82 Å². The first kappa shape index (κ1) is 16.0. The molecule has 0 aliphatic heterocycles. The van der Waals surface area contributed by atoms with Gasteiger partial charge in [0.2, 0.25) is 5.91 Å². The second kappa shape index (κ2) is 6.69. The summed E-state index contributed by atoms with van der Waals surface area (Å²) in [6.45, 7) is 2.49. The average molecular weight is 328 g/mol. The number of rotatable bonds is 6. The predicted molar refractivity (Wildman–Crippen MR) is 88.8 cm³/mol. The summed E-state index contributed by atoms with van der Waals surface area (Å²) in [7, 11) is 3.41. The number of carbonyl (C=O) groups excluding carboxylic acids is 1.